The van der Waals surface area contributed by atoms with E-state index in [-0.39, 0.29) is 5.91 Å². The van der Waals surface area contributed by atoms with Crippen LogP contribution in [0.25, 0.3) is 0 Å². The first-order valence-electron chi connectivity index (χ1n) is 9.66. The maximum atomic E-state index is 12.5. The lowest BCUT2D eigenvalue weighted by Crippen LogP contribution is -3.13. The predicted molar refractivity (Wildman–Crippen MR) is 102 cm³/mol. The number of nitrogens with zero attached hydrogens (tertiary/aromatic N) is 1. The number of nitrogens with one attached hydrogen (secondary N) is 2. The smallest absolute Gasteiger partial charge is 0.275 e. The van der Waals surface area contributed by atoms with Gasteiger partial charge in [-0.15, -0.1) is 0 Å². The van der Waals surface area contributed by atoms with Crippen LogP contribution in [0.4, 0.5) is 0 Å². The highest BCUT2D eigenvalue weighted by Gasteiger charge is 2.21. The van der Waals surface area contributed by atoms with Gasteiger partial charge in [0.1, 0.15) is 0 Å². The van der Waals surface area contributed by atoms with E-state index in [9.17, 15) is 13.2 Å². The van der Waals surface area contributed by atoms with Gasteiger partial charge >= 0.3 is 0 Å². The van der Waals surface area contributed by atoms with Crippen molar-refractivity contribution in [2.75, 3.05) is 32.7 Å². The molecule has 1 aliphatic heterocycles. The number of amides is 1. The van der Waals surface area contributed by atoms with E-state index in [2.05, 4.69) is 5.32 Å². The van der Waals surface area contributed by atoms with E-state index in [0.717, 1.165) is 18.7 Å². The summed E-state index contributed by atoms with van der Waals surface area (Å²) < 4.78 is 26.4. The largest absolute Gasteiger partial charge is 0.347 e. The van der Waals surface area contributed by atoms with E-state index in [1.54, 1.807) is 24.3 Å². The first-order chi connectivity index (χ1) is 12.5. The SMILES string of the molecule is CCN(CC)S(=O)(=O)c1ccc(CNC(=O)C[NH+]2CCCCCC2)cc1. The van der Waals surface area contributed by atoms with Gasteiger partial charge in [0.25, 0.3) is 5.91 Å². The van der Waals surface area contributed by atoms with Crippen molar-refractivity contribution in [1.29, 1.82) is 0 Å². The van der Waals surface area contributed by atoms with Crippen molar-refractivity contribution in [1.82, 2.24) is 9.62 Å². The normalized spacial score (nSPS) is 16.4. The maximum Gasteiger partial charge on any atom is 0.275 e. The summed E-state index contributed by atoms with van der Waals surface area (Å²) in [6.07, 6.45) is 4.94. The fourth-order valence-corrected chi connectivity index (χ4v) is 4.85. The van der Waals surface area contributed by atoms with Crippen LogP contribution in [0, 0.1) is 0 Å². The molecular formula is C19H32N3O3S+. The lowest BCUT2D eigenvalue weighted by Gasteiger charge is -2.18. The van der Waals surface area contributed by atoms with Crippen LogP contribution in [0.2, 0.25) is 0 Å². The fourth-order valence-electron chi connectivity index (χ4n) is 3.39. The Balaban J connectivity index is 1.87. The molecule has 1 saturated heterocycles. The zero-order valence-corrected chi connectivity index (χ0v) is 16.8. The third kappa shape index (κ3) is 5.79. The topological polar surface area (TPSA) is 70.9 Å². The Bertz CT molecular complexity index is 662. The number of sulfonamides is 1. The van der Waals surface area contributed by atoms with Crippen molar-refractivity contribution in [2.24, 2.45) is 0 Å². The van der Waals surface area contributed by atoms with E-state index in [1.807, 2.05) is 13.8 Å². The van der Waals surface area contributed by atoms with Crippen LogP contribution in [0.15, 0.2) is 29.2 Å². The molecule has 7 heteroatoms. The highest BCUT2D eigenvalue weighted by atomic mass is 32.2. The van der Waals surface area contributed by atoms with E-state index in [0.29, 0.717) is 31.1 Å². The molecule has 26 heavy (non-hydrogen) atoms. The van der Waals surface area contributed by atoms with Crippen molar-refractivity contribution in [3.8, 4) is 0 Å². The molecule has 0 bridgehead atoms. The Morgan fingerprint density at radius 2 is 1.62 bits per heavy atom. The summed E-state index contributed by atoms with van der Waals surface area (Å²) in [5, 5.41) is 2.95. The molecule has 1 heterocycles. The van der Waals surface area contributed by atoms with E-state index in [4.69, 9.17) is 0 Å². The second kappa shape index (κ2) is 10.0. The van der Waals surface area contributed by atoms with Gasteiger partial charge in [-0.3, -0.25) is 4.79 Å². The molecule has 1 fully saturated rings. The van der Waals surface area contributed by atoms with Crippen LogP contribution in [-0.4, -0.2) is 51.4 Å². The fraction of sp³-hybridized carbons (Fsp3) is 0.632. The molecule has 0 unspecified atom stereocenters. The van der Waals surface area contributed by atoms with E-state index < -0.39 is 10.0 Å². The Labute approximate surface area is 157 Å². The Hall–Kier alpha value is -1.44. The molecule has 0 aromatic heterocycles. The molecule has 0 saturated carbocycles. The molecule has 1 aromatic rings. The highest BCUT2D eigenvalue weighted by molar-refractivity contribution is 7.89. The van der Waals surface area contributed by atoms with Gasteiger partial charge in [0.2, 0.25) is 10.0 Å². The van der Waals surface area contributed by atoms with Crippen molar-refractivity contribution in [3.05, 3.63) is 29.8 Å². The molecule has 0 radical (unpaired) electrons. The van der Waals surface area contributed by atoms with Gasteiger partial charge in [-0.25, -0.2) is 8.42 Å². The maximum absolute atomic E-state index is 12.5. The van der Waals surface area contributed by atoms with Crippen molar-refractivity contribution in [2.45, 2.75) is 51.0 Å². The molecule has 1 aromatic carbocycles. The van der Waals surface area contributed by atoms with Crippen LogP contribution in [-0.2, 0) is 21.4 Å². The summed E-state index contributed by atoms with van der Waals surface area (Å²) in [5.74, 6) is 0.0572. The molecule has 0 atom stereocenters. The second-order valence-corrected chi connectivity index (χ2v) is 8.79. The summed E-state index contributed by atoms with van der Waals surface area (Å²) in [6, 6.07) is 6.79. The van der Waals surface area contributed by atoms with Crippen LogP contribution in [0.3, 0.4) is 0 Å². The lowest BCUT2D eigenvalue weighted by atomic mass is 10.2. The van der Waals surface area contributed by atoms with Crippen LogP contribution in [0.1, 0.15) is 45.1 Å². The molecule has 6 nitrogen and oxygen atoms in total. The molecule has 1 aliphatic rings. The molecule has 0 spiro atoms. The Morgan fingerprint density at radius 1 is 1.04 bits per heavy atom. The zero-order chi connectivity index (χ0) is 19.0. The second-order valence-electron chi connectivity index (χ2n) is 6.85. The monoisotopic (exact) mass is 382 g/mol. The van der Waals surface area contributed by atoms with E-state index in [1.165, 1.54) is 34.9 Å². The lowest BCUT2D eigenvalue weighted by molar-refractivity contribution is -0.891. The van der Waals surface area contributed by atoms with E-state index >= 15 is 0 Å². The summed E-state index contributed by atoms with van der Waals surface area (Å²) in [6.45, 7) is 7.67. The minimum absolute atomic E-state index is 0.0572. The van der Waals surface area contributed by atoms with Crippen LogP contribution < -0.4 is 10.2 Å². The number of benzene rings is 1. The van der Waals surface area contributed by atoms with Gasteiger partial charge in [-0.1, -0.05) is 26.0 Å². The van der Waals surface area contributed by atoms with Gasteiger partial charge in [-0.05, 0) is 43.4 Å². The number of hydrogen-bond donors (Lipinski definition) is 2. The van der Waals surface area contributed by atoms with Gasteiger partial charge in [0.05, 0.1) is 18.0 Å². The van der Waals surface area contributed by atoms with Crippen LogP contribution >= 0.6 is 0 Å². The average Bonchev–Trinajstić information content (AvgIpc) is 2.90. The summed E-state index contributed by atoms with van der Waals surface area (Å²) in [4.78, 5) is 13.8. The standard InChI is InChI=1S/C19H31N3O3S/c1-3-22(4-2)26(24,25)18-11-9-17(10-12-18)15-20-19(23)16-21-13-7-5-6-8-14-21/h9-12H,3-8,13-16H2,1-2H3,(H,20,23)/p+1. The van der Waals surface area contributed by atoms with Crippen molar-refractivity contribution < 1.29 is 18.1 Å². The summed E-state index contributed by atoms with van der Waals surface area (Å²) in [5.41, 5.74) is 0.905. The molecule has 2 N–H and O–H groups in total. The first kappa shape index (κ1) is 20.9. The van der Waals surface area contributed by atoms with Gasteiger partial charge < -0.3 is 10.2 Å². The zero-order valence-electron chi connectivity index (χ0n) is 16.0. The number of likely N-dealkylation sites (tertiary alicyclic amines) is 1. The van der Waals surface area contributed by atoms with Crippen LogP contribution in [0.5, 0.6) is 0 Å². The van der Waals surface area contributed by atoms with Gasteiger partial charge in [0.15, 0.2) is 6.54 Å². The van der Waals surface area contributed by atoms with Gasteiger partial charge in [-0.2, -0.15) is 4.31 Å². The Morgan fingerprint density at radius 3 is 2.15 bits per heavy atom. The number of hydrogen-bond acceptors (Lipinski definition) is 3. The summed E-state index contributed by atoms with van der Waals surface area (Å²) in [7, 11) is -3.43. The first-order valence-corrected chi connectivity index (χ1v) is 11.1. The number of carbonyl (C=O) groups is 1. The highest BCUT2D eigenvalue weighted by Crippen LogP contribution is 2.16. The third-order valence-electron chi connectivity index (χ3n) is 4.98. The number of quaternary nitrogens is 1. The minimum atomic E-state index is -3.43. The number of carbonyl (C=O) groups excluding carboxylic acids is 1. The molecule has 146 valence electrons. The van der Waals surface area contributed by atoms with Crippen molar-refractivity contribution >= 4 is 15.9 Å². The number of rotatable bonds is 8. The third-order valence-corrected chi connectivity index (χ3v) is 7.04. The van der Waals surface area contributed by atoms with Gasteiger partial charge in [0, 0.05) is 19.6 Å². The molecular weight excluding hydrogens is 350 g/mol. The molecule has 1 amide bonds. The molecule has 2 rings (SSSR count). The van der Waals surface area contributed by atoms with Crippen molar-refractivity contribution in [3.63, 3.8) is 0 Å². The predicted octanol–water partition coefficient (Wildman–Crippen LogP) is 0.792. The minimum Gasteiger partial charge on any atom is -0.347 e. The summed E-state index contributed by atoms with van der Waals surface area (Å²) >= 11 is 0. The quantitative estimate of drug-likeness (QED) is 0.698. The average molecular weight is 383 g/mol. The molecule has 0 aliphatic carbocycles. The Kier molecular flexibility index (Phi) is 8.06.